The molecule has 3 aromatic rings. The van der Waals surface area contributed by atoms with Gasteiger partial charge in [0.25, 0.3) is 10.0 Å². The van der Waals surface area contributed by atoms with E-state index in [-0.39, 0.29) is 45.8 Å². The average Bonchev–Trinajstić information content (AvgIpc) is 3.28. The van der Waals surface area contributed by atoms with Gasteiger partial charge in [-0.3, -0.25) is 0 Å². The van der Waals surface area contributed by atoms with E-state index < -0.39 is 33.8 Å². The Morgan fingerprint density at radius 2 is 2.03 bits per heavy atom. The normalized spacial score (nSPS) is 13.6. The summed E-state index contributed by atoms with van der Waals surface area (Å²) in [6.45, 7) is 3.99. The number of fused-ring (bicyclic) bond motifs is 1. The molecule has 0 aromatic carbocycles. The molecule has 0 saturated carbocycles. The van der Waals surface area contributed by atoms with E-state index in [1.54, 1.807) is 13.8 Å². The molecule has 2 amide bonds. The fraction of sp³-hybridized carbons (Fsp3) is 0.364. The number of halogens is 3. The van der Waals surface area contributed by atoms with Crippen LogP contribution in [-0.2, 0) is 22.7 Å². The molecule has 37 heavy (non-hydrogen) atoms. The lowest BCUT2D eigenvalue weighted by Crippen LogP contribution is -2.35. The van der Waals surface area contributed by atoms with E-state index in [0.29, 0.717) is 13.0 Å². The standard InChI is InChI=1S/C22H23F3N6O5S/c1-12(2)14-10-16(22(23,24)25)28-18(13-5-6-26-17(9-13)35-3)19(14)29-21(32)30-37(33,34)15-11-27-31-7-4-8-36-20(15)31/h5-6,9-12H,4,7-8H2,1-3H3,(H2,29,30,32). The Kier molecular flexibility index (Phi) is 6.99. The zero-order chi connectivity index (χ0) is 27.0. The Hall–Kier alpha value is -3.88. The highest BCUT2D eigenvalue weighted by molar-refractivity contribution is 7.90. The third-order valence-corrected chi connectivity index (χ3v) is 6.76. The molecular weight excluding hydrogens is 517 g/mol. The molecule has 0 radical (unpaired) electrons. The minimum Gasteiger partial charge on any atom is -0.481 e. The van der Waals surface area contributed by atoms with E-state index in [1.165, 1.54) is 30.1 Å². The van der Waals surface area contributed by atoms with Crippen molar-refractivity contribution in [1.82, 2.24) is 24.5 Å². The largest absolute Gasteiger partial charge is 0.481 e. The molecule has 198 valence electrons. The molecule has 1 aliphatic rings. The number of sulfonamides is 1. The molecule has 11 nitrogen and oxygen atoms in total. The van der Waals surface area contributed by atoms with Gasteiger partial charge in [-0.15, -0.1) is 0 Å². The van der Waals surface area contributed by atoms with Gasteiger partial charge in [0.15, 0.2) is 4.90 Å². The van der Waals surface area contributed by atoms with E-state index in [9.17, 15) is 26.4 Å². The fourth-order valence-corrected chi connectivity index (χ4v) is 4.70. The first-order valence-electron chi connectivity index (χ1n) is 11.1. The second kappa shape index (κ2) is 9.88. The molecular formula is C22H23F3N6O5S. The summed E-state index contributed by atoms with van der Waals surface area (Å²) in [6, 6.07) is 2.36. The van der Waals surface area contributed by atoms with Crippen molar-refractivity contribution >= 4 is 21.7 Å². The lowest BCUT2D eigenvalue weighted by atomic mass is 9.97. The van der Waals surface area contributed by atoms with Crippen LogP contribution in [0.15, 0.2) is 35.5 Å². The molecule has 15 heteroatoms. The van der Waals surface area contributed by atoms with Crippen molar-refractivity contribution in [3.05, 3.63) is 41.9 Å². The van der Waals surface area contributed by atoms with E-state index in [1.807, 2.05) is 4.72 Å². The topological polar surface area (TPSA) is 137 Å². The molecule has 4 rings (SSSR count). The number of carbonyl (C=O) groups is 1. The summed E-state index contributed by atoms with van der Waals surface area (Å²) < 4.78 is 80.6. The number of ether oxygens (including phenoxy) is 2. The van der Waals surface area contributed by atoms with Gasteiger partial charge in [0.2, 0.25) is 11.8 Å². The molecule has 2 N–H and O–H groups in total. The van der Waals surface area contributed by atoms with Crippen molar-refractivity contribution in [2.24, 2.45) is 0 Å². The van der Waals surface area contributed by atoms with Crippen LogP contribution in [0.5, 0.6) is 11.8 Å². The Labute approximate surface area is 210 Å². The molecule has 4 heterocycles. The number of aryl methyl sites for hydroxylation is 1. The van der Waals surface area contributed by atoms with Crippen LogP contribution in [0, 0.1) is 0 Å². The number of hydrogen-bond donors (Lipinski definition) is 2. The smallest absolute Gasteiger partial charge is 0.433 e. The van der Waals surface area contributed by atoms with Crippen molar-refractivity contribution in [2.45, 2.75) is 43.8 Å². The van der Waals surface area contributed by atoms with Gasteiger partial charge in [0.05, 0.1) is 31.3 Å². The first-order chi connectivity index (χ1) is 17.4. The minimum absolute atomic E-state index is 0.00446. The number of carbonyl (C=O) groups excluding carboxylic acids is 1. The van der Waals surface area contributed by atoms with Gasteiger partial charge in [0, 0.05) is 30.8 Å². The summed E-state index contributed by atoms with van der Waals surface area (Å²) in [5, 5.41) is 6.35. The number of rotatable bonds is 6. The maximum absolute atomic E-state index is 13.7. The van der Waals surface area contributed by atoms with Crippen LogP contribution in [0.3, 0.4) is 0 Å². The predicted molar refractivity (Wildman–Crippen MR) is 125 cm³/mol. The average molecular weight is 541 g/mol. The van der Waals surface area contributed by atoms with Gasteiger partial charge in [-0.1, -0.05) is 13.8 Å². The van der Waals surface area contributed by atoms with E-state index in [0.717, 1.165) is 12.3 Å². The summed E-state index contributed by atoms with van der Waals surface area (Å²) in [6.07, 6.45) is -1.77. The molecule has 0 aliphatic carbocycles. The van der Waals surface area contributed by atoms with Gasteiger partial charge in [-0.05, 0) is 23.6 Å². The number of nitrogens with one attached hydrogen (secondary N) is 2. The van der Waals surface area contributed by atoms with Gasteiger partial charge in [-0.25, -0.2) is 32.6 Å². The molecule has 0 spiro atoms. The molecule has 0 unspecified atom stereocenters. The van der Waals surface area contributed by atoms with E-state index in [4.69, 9.17) is 9.47 Å². The number of alkyl halides is 3. The predicted octanol–water partition coefficient (Wildman–Crippen LogP) is 3.78. The molecule has 0 fully saturated rings. The maximum Gasteiger partial charge on any atom is 0.433 e. The number of anilines is 1. The van der Waals surface area contributed by atoms with Gasteiger partial charge in [0.1, 0.15) is 5.69 Å². The monoisotopic (exact) mass is 540 g/mol. The highest BCUT2D eigenvalue weighted by atomic mass is 32.2. The third-order valence-electron chi connectivity index (χ3n) is 5.45. The lowest BCUT2D eigenvalue weighted by Gasteiger charge is -2.21. The molecule has 0 saturated heterocycles. The van der Waals surface area contributed by atoms with Crippen LogP contribution in [0.25, 0.3) is 11.3 Å². The highest BCUT2D eigenvalue weighted by Crippen LogP contribution is 2.39. The number of aromatic nitrogens is 4. The summed E-state index contributed by atoms with van der Waals surface area (Å²) in [4.78, 5) is 20.3. The number of urea groups is 1. The zero-order valence-electron chi connectivity index (χ0n) is 20.0. The van der Waals surface area contributed by atoms with Crippen molar-refractivity contribution in [3.8, 4) is 23.0 Å². The summed E-state index contributed by atoms with van der Waals surface area (Å²) in [7, 11) is -3.10. The summed E-state index contributed by atoms with van der Waals surface area (Å²) in [5.74, 6) is -0.406. The summed E-state index contributed by atoms with van der Waals surface area (Å²) >= 11 is 0. The second-order valence-electron chi connectivity index (χ2n) is 8.36. The Balaban J connectivity index is 1.75. The van der Waals surface area contributed by atoms with Crippen molar-refractivity contribution in [1.29, 1.82) is 0 Å². The van der Waals surface area contributed by atoms with E-state index in [2.05, 4.69) is 20.4 Å². The Morgan fingerprint density at radius 3 is 2.70 bits per heavy atom. The third kappa shape index (κ3) is 5.45. The van der Waals surface area contributed by atoms with Gasteiger partial charge < -0.3 is 14.8 Å². The number of hydrogen-bond acceptors (Lipinski definition) is 8. The molecule has 0 atom stereocenters. The van der Waals surface area contributed by atoms with Crippen molar-refractivity contribution in [3.63, 3.8) is 0 Å². The lowest BCUT2D eigenvalue weighted by molar-refractivity contribution is -0.141. The van der Waals surface area contributed by atoms with Crippen LogP contribution < -0.4 is 19.5 Å². The van der Waals surface area contributed by atoms with Crippen LogP contribution in [0.4, 0.5) is 23.7 Å². The van der Waals surface area contributed by atoms with Crippen molar-refractivity contribution < 1.29 is 35.9 Å². The summed E-state index contributed by atoms with van der Waals surface area (Å²) in [5.41, 5.74) is -1.26. The molecule has 3 aromatic heterocycles. The highest BCUT2D eigenvalue weighted by Gasteiger charge is 2.35. The Morgan fingerprint density at radius 1 is 1.27 bits per heavy atom. The maximum atomic E-state index is 13.7. The number of pyridine rings is 2. The molecule has 0 bridgehead atoms. The van der Waals surface area contributed by atoms with Crippen LogP contribution in [0.1, 0.15) is 37.4 Å². The van der Waals surface area contributed by atoms with Gasteiger partial charge >= 0.3 is 12.2 Å². The van der Waals surface area contributed by atoms with E-state index >= 15 is 0 Å². The SMILES string of the molecule is COc1cc(-c2nc(C(F)(F)F)cc(C(C)C)c2NC(=O)NS(=O)(=O)c2cnn3c2OCCC3)ccn1. The van der Waals surface area contributed by atoms with Gasteiger partial charge in [-0.2, -0.15) is 18.3 Å². The zero-order valence-corrected chi connectivity index (χ0v) is 20.8. The fourth-order valence-electron chi connectivity index (χ4n) is 3.72. The number of amides is 2. The quantitative estimate of drug-likeness (QED) is 0.482. The van der Waals surface area contributed by atoms with Crippen LogP contribution in [0.2, 0.25) is 0 Å². The minimum atomic E-state index is -4.78. The first kappa shape index (κ1) is 26.2. The Bertz CT molecular complexity index is 1440. The number of methoxy groups -OCH3 is 1. The molecule has 1 aliphatic heterocycles. The van der Waals surface area contributed by atoms with Crippen LogP contribution in [-0.4, -0.2) is 47.9 Å². The van der Waals surface area contributed by atoms with Crippen LogP contribution >= 0.6 is 0 Å². The van der Waals surface area contributed by atoms with Crippen molar-refractivity contribution in [2.75, 3.05) is 19.0 Å². The first-order valence-corrected chi connectivity index (χ1v) is 12.5. The second-order valence-corrected chi connectivity index (χ2v) is 10.0. The number of nitrogens with zero attached hydrogens (tertiary/aromatic N) is 4.